The van der Waals surface area contributed by atoms with Crippen molar-refractivity contribution in [3.05, 3.63) is 76.7 Å². The van der Waals surface area contributed by atoms with Crippen LogP contribution in [0.1, 0.15) is 11.7 Å². The van der Waals surface area contributed by atoms with Gasteiger partial charge in [0, 0.05) is 11.8 Å². The topological polar surface area (TPSA) is 78.3 Å². The van der Waals surface area contributed by atoms with Crippen LogP contribution in [0, 0.1) is 0 Å². The van der Waals surface area contributed by atoms with Crippen LogP contribution in [0.3, 0.4) is 0 Å². The van der Waals surface area contributed by atoms with Crippen LogP contribution in [-0.4, -0.2) is 37.3 Å². The number of benzene rings is 2. The molecule has 170 valence electrons. The number of nitrogens with zero attached hydrogens (tertiary/aromatic N) is 2. The molecule has 1 atom stereocenters. The smallest absolute Gasteiger partial charge is 0.408 e. The summed E-state index contributed by atoms with van der Waals surface area (Å²) in [5.41, 5.74) is -0.543. The second-order valence-corrected chi connectivity index (χ2v) is 8.95. The maximum Gasteiger partial charge on any atom is 0.408 e. The molecule has 3 aromatic rings. The largest absolute Gasteiger partial charge is 0.476 e. The molecule has 2 aromatic carbocycles. The van der Waals surface area contributed by atoms with Gasteiger partial charge in [0.2, 0.25) is 0 Å². The standard InChI is InChI=1S/C21H18F4N2O4S/c1-32(29,30)16-9-7-14(8-10-16)17-12-26-27(13-21(23,24)25)20(28)19(17)31-18(11-22)15-5-3-2-4-6-15/h2-10,12,18H,11,13H2,1H3. The van der Waals surface area contributed by atoms with Crippen LogP contribution in [0.25, 0.3) is 11.1 Å². The van der Waals surface area contributed by atoms with Crippen LogP contribution >= 0.6 is 0 Å². The van der Waals surface area contributed by atoms with Gasteiger partial charge in [0.1, 0.15) is 13.2 Å². The number of rotatable bonds is 7. The number of hydrogen-bond donors (Lipinski definition) is 0. The van der Waals surface area contributed by atoms with E-state index in [1.54, 1.807) is 30.3 Å². The van der Waals surface area contributed by atoms with Gasteiger partial charge in [-0.15, -0.1) is 0 Å². The van der Waals surface area contributed by atoms with E-state index in [1.807, 2.05) is 0 Å². The van der Waals surface area contributed by atoms with Crippen molar-refractivity contribution in [1.29, 1.82) is 0 Å². The van der Waals surface area contributed by atoms with Gasteiger partial charge in [-0.1, -0.05) is 42.5 Å². The molecule has 1 heterocycles. The van der Waals surface area contributed by atoms with Gasteiger partial charge in [-0.25, -0.2) is 17.5 Å². The minimum absolute atomic E-state index is 0.00265. The summed E-state index contributed by atoms with van der Waals surface area (Å²) in [5.74, 6) is -0.525. The Morgan fingerprint density at radius 1 is 1.06 bits per heavy atom. The van der Waals surface area contributed by atoms with Crippen LogP contribution in [0.2, 0.25) is 0 Å². The van der Waals surface area contributed by atoms with Crippen LogP contribution < -0.4 is 10.3 Å². The first kappa shape index (κ1) is 23.5. The maximum atomic E-state index is 13.8. The highest BCUT2D eigenvalue weighted by Crippen LogP contribution is 2.31. The highest BCUT2D eigenvalue weighted by atomic mass is 32.2. The lowest BCUT2D eigenvalue weighted by atomic mass is 10.1. The van der Waals surface area contributed by atoms with Gasteiger partial charge in [-0.05, 0) is 23.3 Å². The third-order valence-electron chi connectivity index (χ3n) is 4.49. The van der Waals surface area contributed by atoms with E-state index in [9.17, 15) is 30.8 Å². The third-order valence-corrected chi connectivity index (χ3v) is 5.62. The first-order chi connectivity index (χ1) is 15.0. The average molecular weight is 470 g/mol. The molecule has 0 N–H and O–H groups in total. The summed E-state index contributed by atoms with van der Waals surface area (Å²) in [4.78, 5) is 12.8. The van der Waals surface area contributed by atoms with Gasteiger partial charge in [0.25, 0.3) is 0 Å². The van der Waals surface area contributed by atoms with Crippen LogP contribution in [0.5, 0.6) is 5.75 Å². The molecule has 0 bridgehead atoms. The Morgan fingerprint density at radius 3 is 2.22 bits per heavy atom. The van der Waals surface area contributed by atoms with Crippen molar-refractivity contribution >= 4 is 9.84 Å². The second kappa shape index (κ2) is 9.11. The summed E-state index contributed by atoms with van der Waals surface area (Å²) in [5, 5.41) is 3.57. The van der Waals surface area contributed by atoms with Crippen molar-refractivity contribution in [2.24, 2.45) is 0 Å². The molecule has 0 spiro atoms. The molecule has 0 amide bonds. The van der Waals surface area contributed by atoms with E-state index in [0.717, 1.165) is 12.5 Å². The van der Waals surface area contributed by atoms with Crippen molar-refractivity contribution in [2.75, 3.05) is 12.9 Å². The highest BCUT2D eigenvalue weighted by molar-refractivity contribution is 7.90. The zero-order valence-corrected chi connectivity index (χ0v) is 17.5. The Morgan fingerprint density at radius 2 is 1.69 bits per heavy atom. The number of hydrogen-bond acceptors (Lipinski definition) is 5. The fourth-order valence-corrected chi connectivity index (χ4v) is 3.58. The Balaban J connectivity index is 2.12. The molecule has 0 saturated heterocycles. The number of aromatic nitrogens is 2. The van der Waals surface area contributed by atoms with Gasteiger partial charge >= 0.3 is 11.7 Å². The average Bonchev–Trinajstić information content (AvgIpc) is 2.73. The summed E-state index contributed by atoms with van der Waals surface area (Å²) >= 11 is 0. The number of ether oxygens (including phenoxy) is 1. The van der Waals surface area contributed by atoms with E-state index in [1.165, 1.54) is 24.3 Å². The number of halogens is 4. The Kier molecular flexibility index (Phi) is 6.68. The minimum atomic E-state index is -4.72. The summed E-state index contributed by atoms with van der Waals surface area (Å²) in [6, 6.07) is 13.3. The minimum Gasteiger partial charge on any atom is -0.476 e. The fraction of sp³-hybridized carbons (Fsp3) is 0.238. The lowest BCUT2D eigenvalue weighted by Gasteiger charge is -2.19. The van der Waals surface area contributed by atoms with Gasteiger partial charge < -0.3 is 4.74 Å². The maximum absolute atomic E-state index is 13.8. The number of sulfone groups is 1. The van der Waals surface area contributed by atoms with Gasteiger partial charge in [0.05, 0.1) is 11.1 Å². The predicted octanol–water partition coefficient (Wildman–Crippen LogP) is 3.97. The molecule has 1 unspecified atom stereocenters. The fourth-order valence-electron chi connectivity index (χ4n) is 2.95. The molecular formula is C21H18F4N2O4S. The molecule has 0 fully saturated rings. The zero-order chi connectivity index (χ0) is 23.5. The van der Waals surface area contributed by atoms with Gasteiger partial charge in [0.15, 0.2) is 21.7 Å². The molecular weight excluding hydrogens is 452 g/mol. The predicted molar refractivity (Wildman–Crippen MR) is 109 cm³/mol. The Labute approximate surface area is 181 Å². The van der Waals surface area contributed by atoms with Crippen molar-refractivity contribution in [3.8, 4) is 16.9 Å². The highest BCUT2D eigenvalue weighted by Gasteiger charge is 2.31. The normalized spacial score (nSPS) is 13.0. The molecule has 0 aliphatic heterocycles. The lowest BCUT2D eigenvalue weighted by Crippen LogP contribution is -2.32. The van der Waals surface area contributed by atoms with Crippen molar-refractivity contribution in [1.82, 2.24) is 9.78 Å². The summed E-state index contributed by atoms with van der Waals surface area (Å²) in [7, 11) is -3.49. The molecule has 11 heteroatoms. The quantitative estimate of drug-likeness (QED) is 0.489. The molecule has 0 aliphatic carbocycles. The van der Waals surface area contributed by atoms with Gasteiger partial charge in [-0.2, -0.15) is 18.3 Å². The molecule has 32 heavy (non-hydrogen) atoms. The van der Waals surface area contributed by atoms with E-state index < -0.39 is 46.6 Å². The molecule has 3 rings (SSSR count). The van der Waals surface area contributed by atoms with Crippen molar-refractivity contribution < 1.29 is 30.7 Å². The molecule has 0 aliphatic rings. The monoisotopic (exact) mass is 470 g/mol. The SMILES string of the molecule is CS(=O)(=O)c1ccc(-c2cnn(CC(F)(F)F)c(=O)c2OC(CF)c2ccccc2)cc1. The van der Waals surface area contributed by atoms with E-state index in [-0.39, 0.29) is 20.7 Å². The summed E-state index contributed by atoms with van der Waals surface area (Å²) < 4.78 is 81.5. The van der Waals surface area contributed by atoms with E-state index in [2.05, 4.69) is 5.10 Å². The first-order valence-corrected chi connectivity index (χ1v) is 11.1. The molecule has 0 radical (unpaired) electrons. The lowest BCUT2D eigenvalue weighted by molar-refractivity contribution is -0.143. The zero-order valence-electron chi connectivity index (χ0n) is 16.7. The van der Waals surface area contributed by atoms with Crippen LogP contribution in [0.4, 0.5) is 17.6 Å². The van der Waals surface area contributed by atoms with Crippen molar-refractivity contribution in [2.45, 2.75) is 23.7 Å². The van der Waals surface area contributed by atoms with Crippen LogP contribution in [0.15, 0.2) is 70.5 Å². The number of alkyl halides is 4. The Bertz CT molecular complexity index is 1240. The summed E-state index contributed by atoms with van der Waals surface area (Å²) in [6.07, 6.45) is -3.95. The van der Waals surface area contributed by atoms with Gasteiger partial charge in [-0.3, -0.25) is 4.79 Å². The van der Waals surface area contributed by atoms with Crippen LogP contribution in [-0.2, 0) is 16.4 Å². The third kappa shape index (κ3) is 5.52. The first-order valence-electron chi connectivity index (χ1n) is 9.24. The van der Waals surface area contributed by atoms with E-state index >= 15 is 0 Å². The van der Waals surface area contributed by atoms with Crippen molar-refractivity contribution in [3.63, 3.8) is 0 Å². The van der Waals surface area contributed by atoms with E-state index in [0.29, 0.717) is 5.56 Å². The molecule has 6 nitrogen and oxygen atoms in total. The molecule has 1 aromatic heterocycles. The Hall–Kier alpha value is -3.21. The molecule has 0 saturated carbocycles. The second-order valence-electron chi connectivity index (χ2n) is 6.93. The summed E-state index contributed by atoms with van der Waals surface area (Å²) in [6.45, 7) is -2.70. The van der Waals surface area contributed by atoms with E-state index in [4.69, 9.17) is 4.74 Å².